The molecule has 0 aliphatic heterocycles. The van der Waals surface area contributed by atoms with E-state index in [1.165, 1.54) is 32.1 Å². The summed E-state index contributed by atoms with van der Waals surface area (Å²) in [5, 5.41) is 10.4. The van der Waals surface area contributed by atoms with Crippen molar-refractivity contribution >= 4 is 5.96 Å². The van der Waals surface area contributed by atoms with Crippen LogP contribution in [-0.4, -0.2) is 48.4 Å². The second-order valence-corrected chi connectivity index (χ2v) is 6.51. The summed E-state index contributed by atoms with van der Waals surface area (Å²) in [6.07, 6.45) is 9.63. The number of guanidine groups is 1. The lowest BCUT2D eigenvalue weighted by atomic mass is 9.98. The van der Waals surface area contributed by atoms with Crippen LogP contribution in [0.4, 0.5) is 0 Å². The first-order chi connectivity index (χ1) is 12.3. The van der Waals surface area contributed by atoms with Gasteiger partial charge in [0.2, 0.25) is 5.89 Å². The Morgan fingerprint density at radius 2 is 2.08 bits per heavy atom. The summed E-state index contributed by atoms with van der Waals surface area (Å²) in [5.74, 6) is 2.23. The molecule has 0 amide bonds. The Morgan fingerprint density at radius 3 is 2.80 bits per heavy atom. The molecule has 0 radical (unpaired) electrons. The molecule has 7 heteroatoms. The van der Waals surface area contributed by atoms with Crippen molar-refractivity contribution in [1.29, 1.82) is 0 Å². The van der Waals surface area contributed by atoms with Gasteiger partial charge in [-0.25, -0.2) is 0 Å². The lowest BCUT2D eigenvalue weighted by Gasteiger charge is -2.22. The Balaban J connectivity index is 1.56. The van der Waals surface area contributed by atoms with Crippen molar-refractivity contribution in [2.75, 3.05) is 26.2 Å². The highest BCUT2D eigenvalue weighted by Crippen LogP contribution is 2.20. The molecule has 1 heterocycles. The molecule has 0 spiro atoms. The molecule has 1 aliphatic rings. The average molecular weight is 351 g/mol. The van der Waals surface area contributed by atoms with Crippen LogP contribution in [0.3, 0.4) is 0 Å². The van der Waals surface area contributed by atoms with Crippen LogP contribution in [0, 0.1) is 6.92 Å². The quantitative estimate of drug-likeness (QED) is 0.383. The molecular weight excluding hydrogens is 318 g/mol. The van der Waals surface area contributed by atoms with E-state index < -0.39 is 0 Å². The number of aryl methyl sites for hydroxylation is 2. The van der Waals surface area contributed by atoms with E-state index in [0.717, 1.165) is 51.5 Å². The van der Waals surface area contributed by atoms with Crippen molar-refractivity contribution in [3.63, 3.8) is 0 Å². The Morgan fingerprint density at radius 1 is 1.24 bits per heavy atom. The van der Waals surface area contributed by atoms with Gasteiger partial charge in [-0.05, 0) is 39.5 Å². The fourth-order valence-corrected chi connectivity index (χ4v) is 2.97. The number of nitrogens with one attached hydrogen (secondary N) is 2. The molecule has 25 heavy (non-hydrogen) atoms. The molecule has 2 rings (SSSR count). The number of aliphatic imine (C=N–C) groups is 1. The Hall–Kier alpha value is -1.63. The van der Waals surface area contributed by atoms with E-state index in [2.05, 4.69) is 32.7 Å². The molecule has 1 aromatic rings. The molecular formula is C18H33N5O2. The van der Waals surface area contributed by atoms with E-state index >= 15 is 0 Å². The van der Waals surface area contributed by atoms with Gasteiger partial charge in [0.15, 0.2) is 11.8 Å². The van der Waals surface area contributed by atoms with Gasteiger partial charge < -0.3 is 19.9 Å². The Labute approximate surface area is 151 Å². The molecule has 0 saturated heterocycles. The lowest BCUT2D eigenvalue weighted by Crippen LogP contribution is -2.38. The van der Waals surface area contributed by atoms with E-state index in [1.807, 2.05) is 6.92 Å². The Bertz CT molecular complexity index is 497. The predicted molar refractivity (Wildman–Crippen MR) is 98.8 cm³/mol. The second-order valence-electron chi connectivity index (χ2n) is 6.51. The van der Waals surface area contributed by atoms with Gasteiger partial charge in [-0.3, -0.25) is 4.99 Å². The smallest absolute Gasteiger partial charge is 0.226 e. The van der Waals surface area contributed by atoms with Gasteiger partial charge in [0.05, 0.1) is 6.10 Å². The first kappa shape index (κ1) is 19.7. The Kier molecular flexibility index (Phi) is 9.33. The number of nitrogens with zero attached hydrogens (tertiary/aromatic N) is 3. The molecule has 0 atom stereocenters. The van der Waals surface area contributed by atoms with Crippen LogP contribution in [0.25, 0.3) is 0 Å². The molecule has 1 saturated carbocycles. The highest BCUT2D eigenvalue weighted by atomic mass is 16.5. The third kappa shape index (κ3) is 8.34. The normalized spacial score (nSPS) is 16.2. The van der Waals surface area contributed by atoms with Crippen LogP contribution < -0.4 is 10.6 Å². The summed E-state index contributed by atoms with van der Waals surface area (Å²) in [4.78, 5) is 8.79. The largest absolute Gasteiger partial charge is 0.378 e. The first-order valence-corrected chi connectivity index (χ1v) is 9.71. The molecule has 0 unspecified atom stereocenters. The van der Waals surface area contributed by atoms with E-state index in [1.54, 1.807) is 0 Å². The molecule has 1 aromatic heterocycles. The van der Waals surface area contributed by atoms with Crippen molar-refractivity contribution < 1.29 is 9.26 Å². The number of hydrogen-bond acceptors (Lipinski definition) is 5. The molecule has 0 bridgehead atoms. The maximum atomic E-state index is 5.95. The van der Waals surface area contributed by atoms with Gasteiger partial charge in [-0.1, -0.05) is 24.4 Å². The van der Waals surface area contributed by atoms with Crippen LogP contribution in [0.1, 0.15) is 63.6 Å². The summed E-state index contributed by atoms with van der Waals surface area (Å²) in [6.45, 7) is 7.19. The highest BCUT2D eigenvalue weighted by molar-refractivity contribution is 5.79. The van der Waals surface area contributed by atoms with Crippen molar-refractivity contribution in [3.05, 3.63) is 11.7 Å². The van der Waals surface area contributed by atoms with Crippen molar-refractivity contribution in [2.45, 2.75) is 71.3 Å². The lowest BCUT2D eigenvalue weighted by molar-refractivity contribution is 0.0277. The van der Waals surface area contributed by atoms with E-state index in [9.17, 15) is 0 Å². The predicted octanol–water partition coefficient (Wildman–Crippen LogP) is 2.61. The average Bonchev–Trinajstić information content (AvgIpc) is 3.04. The van der Waals surface area contributed by atoms with Gasteiger partial charge in [0.1, 0.15) is 0 Å². The van der Waals surface area contributed by atoms with Gasteiger partial charge in [0.25, 0.3) is 0 Å². The van der Waals surface area contributed by atoms with Crippen LogP contribution in [0.15, 0.2) is 9.52 Å². The van der Waals surface area contributed by atoms with Gasteiger partial charge in [0, 0.05) is 32.7 Å². The molecule has 142 valence electrons. The van der Waals surface area contributed by atoms with Crippen LogP contribution in [-0.2, 0) is 11.2 Å². The monoisotopic (exact) mass is 351 g/mol. The second kappa shape index (κ2) is 11.8. The van der Waals surface area contributed by atoms with Gasteiger partial charge >= 0.3 is 0 Å². The van der Waals surface area contributed by atoms with Crippen LogP contribution >= 0.6 is 0 Å². The molecule has 1 aliphatic carbocycles. The number of hydrogen-bond donors (Lipinski definition) is 2. The van der Waals surface area contributed by atoms with Crippen LogP contribution in [0.2, 0.25) is 0 Å². The minimum Gasteiger partial charge on any atom is -0.378 e. The zero-order valence-electron chi connectivity index (χ0n) is 15.7. The fraction of sp³-hybridized carbons (Fsp3) is 0.833. The number of ether oxygens (including phenoxy) is 1. The SMILES string of the molecule is CCNC(=NCCCc1nc(C)no1)NCCCOC1CCCCC1. The summed E-state index contributed by atoms with van der Waals surface area (Å²) >= 11 is 0. The number of aromatic nitrogens is 2. The molecule has 0 aromatic carbocycles. The van der Waals surface area contributed by atoms with E-state index in [0.29, 0.717) is 17.8 Å². The third-order valence-electron chi connectivity index (χ3n) is 4.25. The summed E-state index contributed by atoms with van der Waals surface area (Å²) < 4.78 is 11.1. The van der Waals surface area contributed by atoms with Crippen molar-refractivity contribution in [3.8, 4) is 0 Å². The molecule has 2 N–H and O–H groups in total. The van der Waals surface area contributed by atoms with E-state index in [4.69, 9.17) is 9.26 Å². The first-order valence-electron chi connectivity index (χ1n) is 9.71. The minimum atomic E-state index is 0.490. The maximum Gasteiger partial charge on any atom is 0.226 e. The van der Waals surface area contributed by atoms with Gasteiger partial charge in [-0.2, -0.15) is 4.98 Å². The number of rotatable bonds is 10. The topological polar surface area (TPSA) is 84.6 Å². The maximum absolute atomic E-state index is 5.95. The zero-order valence-corrected chi connectivity index (χ0v) is 15.7. The summed E-state index contributed by atoms with van der Waals surface area (Å²) in [7, 11) is 0. The zero-order chi connectivity index (χ0) is 17.7. The summed E-state index contributed by atoms with van der Waals surface area (Å²) in [6, 6.07) is 0. The molecule has 7 nitrogen and oxygen atoms in total. The summed E-state index contributed by atoms with van der Waals surface area (Å²) in [5.41, 5.74) is 0. The van der Waals surface area contributed by atoms with Gasteiger partial charge in [-0.15, -0.1) is 0 Å². The van der Waals surface area contributed by atoms with E-state index in [-0.39, 0.29) is 0 Å². The highest BCUT2D eigenvalue weighted by Gasteiger charge is 2.12. The minimum absolute atomic E-state index is 0.490. The fourth-order valence-electron chi connectivity index (χ4n) is 2.97. The van der Waals surface area contributed by atoms with Crippen LogP contribution in [0.5, 0.6) is 0 Å². The third-order valence-corrected chi connectivity index (χ3v) is 4.25. The molecule has 1 fully saturated rings. The van der Waals surface area contributed by atoms with Crippen molar-refractivity contribution in [1.82, 2.24) is 20.8 Å². The van der Waals surface area contributed by atoms with Crippen molar-refractivity contribution in [2.24, 2.45) is 4.99 Å². The standard InChI is InChI=1S/C18H33N5O2/c1-3-19-18(20-12-7-11-17-22-15(2)23-25-17)21-13-8-14-24-16-9-5-4-6-10-16/h16H,3-14H2,1-2H3,(H2,19,20,21).